The highest BCUT2D eigenvalue weighted by molar-refractivity contribution is 6.31. The molecule has 0 bridgehead atoms. The quantitative estimate of drug-likeness (QED) is 0.458. The second-order valence-electron chi connectivity index (χ2n) is 8.53. The van der Waals surface area contributed by atoms with Gasteiger partial charge in [0.15, 0.2) is 5.65 Å². The summed E-state index contributed by atoms with van der Waals surface area (Å²) in [5, 5.41) is 5.48. The summed E-state index contributed by atoms with van der Waals surface area (Å²) in [6.07, 6.45) is 3.85. The summed E-state index contributed by atoms with van der Waals surface area (Å²) in [5.74, 6) is 0.990. The van der Waals surface area contributed by atoms with Crippen molar-refractivity contribution in [2.75, 3.05) is 14.1 Å². The van der Waals surface area contributed by atoms with E-state index in [0.29, 0.717) is 18.1 Å². The molecule has 32 heavy (non-hydrogen) atoms. The van der Waals surface area contributed by atoms with E-state index in [0.717, 1.165) is 57.6 Å². The van der Waals surface area contributed by atoms with E-state index in [1.54, 1.807) is 0 Å². The van der Waals surface area contributed by atoms with Crippen molar-refractivity contribution in [1.82, 2.24) is 33.9 Å². The SMILES string of the molecule is C=C(c1ccccc1-n1ccnc1CN(C)C)N1Cc2nn3c(C)c(Cl)c(C)nc3c2C1. The number of hydrogen-bond donors (Lipinski definition) is 0. The van der Waals surface area contributed by atoms with Crippen molar-refractivity contribution < 1.29 is 0 Å². The summed E-state index contributed by atoms with van der Waals surface area (Å²) in [4.78, 5) is 13.7. The highest BCUT2D eigenvalue weighted by Crippen LogP contribution is 2.34. The molecule has 7 nitrogen and oxygen atoms in total. The Kier molecular flexibility index (Phi) is 5.03. The third-order valence-electron chi connectivity index (χ3n) is 5.99. The molecular formula is C24H26ClN7. The summed E-state index contributed by atoms with van der Waals surface area (Å²) >= 11 is 6.39. The van der Waals surface area contributed by atoms with Crippen LogP contribution in [0.25, 0.3) is 17.0 Å². The number of halogens is 1. The lowest BCUT2D eigenvalue weighted by molar-refractivity contribution is 0.387. The molecule has 1 aromatic carbocycles. The average molecular weight is 448 g/mol. The monoisotopic (exact) mass is 447 g/mol. The second kappa shape index (κ2) is 7.76. The lowest BCUT2D eigenvalue weighted by atomic mass is 10.1. The summed E-state index contributed by atoms with van der Waals surface area (Å²) in [5.41, 5.74) is 7.91. The van der Waals surface area contributed by atoms with Crippen LogP contribution in [0, 0.1) is 13.8 Å². The molecule has 0 spiro atoms. The first-order valence-corrected chi connectivity index (χ1v) is 11.0. The fourth-order valence-corrected chi connectivity index (χ4v) is 4.48. The Hall–Kier alpha value is -3.16. The molecule has 0 unspecified atom stereocenters. The van der Waals surface area contributed by atoms with Gasteiger partial charge in [0.05, 0.1) is 40.9 Å². The van der Waals surface area contributed by atoms with Gasteiger partial charge in [-0.25, -0.2) is 14.5 Å². The van der Waals surface area contributed by atoms with E-state index in [2.05, 4.69) is 50.2 Å². The van der Waals surface area contributed by atoms with E-state index in [1.807, 2.05) is 44.9 Å². The molecule has 8 heteroatoms. The van der Waals surface area contributed by atoms with Gasteiger partial charge in [-0.3, -0.25) is 0 Å². The van der Waals surface area contributed by atoms with Gasteiger partial charge in [-0.15, -0.1) is 0 Å². The van der Waals surface area contributed by atoms with E-state index in [4.69, 9.17) is 21.7 Å². The molecular weight excluding hydrogens is 422 g/mol. The van der Waals surface area contributed by atoms with Crippen LogP contribution in [0.15, 0.2) is 43.2 Å². The normalized spacial score (nSPS) is 13.4. The number of hydrogen-bond acceptors (Lipinski definition) is 5. The highest BCUT2D eigenvalue weighted by atomic mass is 35.5. The molecule has 4 aromatic rings. The van der Waals surface area contributed by atoms with E-state index in [9.17, 15) is 0 Å². The predicted molar refractivity (Wildman–Crippen MR) is 127 cm³/mol. The minimum absolute atomic E-state index is 0.669. The number of aromatic nitrogens is 5. The van der Waals surface area contributed by atoms with Gasteiger partial charge in [0, 0.05) is 35.8 Å². The Morgan fingerprint density at radius 2 is 1.97 bits per heavy atom. The van der Waals surface area contributed by atoms with E-state index in [-0.39, 0.29) is 0 Å². The second-order valence-corrected chi connectivity index (χ2v) is 8.91. The number of nitrogens with zero attached hydrogens (tertiary/aromatic N) is 7. The molecule has 0 fully saturated rings. The van der Waals surface area contributed by atoms with Crippen molar-refractivity contribution in [1.29, 1.82) is 0 Å². The third-order valence-corrected chi connectivity index (χ3v) is 6.53. The number of para-hydroxylation sites is 1. The van der Waals surface area contributed by atoms with Crippen LogP contribution in [0.4, 0.5) is 0 Å². The maximum absolute atomic E-state index is 6.39. The van der Waals surface area contributed by atoms with Gasteiger partial charge >= 0.3 is 0 Å². The first kappa shape index (κ1) is 20.7. The van der Waals surface area contributed by atoms with Crippen LogP contribution in [0.2, 0.25) is 5.02 Å². The van der Waals surface area contributed by atoms with Gasteiger partial charge in [0.2, 0.25) is 0 Å². The lowest BCUT2D eigenvalue weighted by Crippen LogP contribution is -2.18. The molecule has 0 aliphatic carbocycles. The van der Waals surface area contributed by atoms with E-state index >= 15 is 0 Å². The van der Waals surface area contributed by atoms with Gasteiger partial charge in [-0.05, 0) is 34.0 Å². The van der Waals surface area contributed by atoms with Crippen LogP contribution in [0.1, 0.15) is 34.0 Å². The Labute approximate surface area is 192 Å². The summed E-state index contributed by atoms with van der Waals surface area (Å²) in [6.45, 7) is 10.5. The Bertz CT molecular complexity index is 1350. The summed E-state index contributed by atoms with van der Waals surface area (Å²) in [6, 6.07) is 8.34. The van der Waals surface area contributed by atoms with Gasteiger partial charge < -0.3 is 14.4 Å². The zero-order valence-electron chi connectivity index (χ0n) is 18.8. The van der Waals surface area contributed by atoms with Crippen LogP contribution in [-0.2, 0) is 19.6 Å². The van der Waals surface area contributed by atoms with Crippen molar-refractivity contribution in [3.8, 4) is 5.69 Å². The number of benzene rings is 1. The van der Waals surface area contributed by atoms with Crippen LogP contribution in [0.5, 0.6) is 0 Å². The zero-order valence-corrected chi connectivity index (χ0v) is 19.6. The fraction of sp³-hybridized carbons (Fsp3) is 0.292. The molecule has 0 radical (unpaired) electrons. The first-order valence-electron chi connectivity index (χ1n) is 10.6. The standard InChI is InChI=1S/C24H26ClN7/c1-15-23(25)17(3)32-24(27-15)19-12-30(13-20(19)28-32)16(2)18-8-6-7-9-21(18)31-11-10-26-22(31)14-29(4)5/h6-11H,2,12-14H2,1,3-5H3. The Morgan fingerprint density at radius 3 is 2.75 bits per heavy atom. The van der Waals surface area contributed by atoms with Gasteiger partial charge in [-0.1, -0.05) is 36.4 Å². The van der Waals surface area contributed by atoms with Gasteiger partial charge in [0.1, 0.15) is 5.82 Å². The van der Waals surface area contributed by atoms with Gasteiger partial charge in [0.25, 0.3) is 0 Å². The number of fused-ring (bicyclic) bond motifs is 3. The maximum atomic E-state index is 6.39. The number of aryl methyl sites for hydroxylation is 2. The predicted octanol–water partition coefficient (Wildman–Crippen LogP) is 4.23. The molecule has 0 amide bonds. The highest BCUT2D eigenvalue weighted by Gasteiger charge is 2.29. The van der Waals surface area contributed by atoms with E-state index in [1.165, 1.54) is 0 Å². The van der Waals surface area contributed by atoms with Crippen molar-refractivity contribution >= 4 is 22.9 Å². The van der Waals surface area contributed by atoms with Crippen molar-refractivity contribution in [2.24, 2.45) is 0 Å². The maximum Gasteiger partial charge on any atom is 0.160 e. The largest absolute Gasteiger partial charge is 0.361 e. The topological polar surface area (TPSA) is 54.5 Å². The molecule has 0 saturated heterocycles. The zero-order chi connectivity index (χ0) is 22.6. The van der Waals surface area contributed by atoms with Crippen LogP contribution >= 0.6 is 11.6 Å². The van der Waals surface area contributed by atoms with Crippen molar-refractivity contribution in [2.45, 2.75) is 33.5 Å². The van der Waals surface area contributed by atoms with Crippen molar-refractivity contribution in [3.63, 3.8) is 0 Å². The van der Waals surface area contributed by atoms with E-state index < -0.39 is 0 Å². The Morgan fingerprint density at radius 1 is 1.19 bits per heavy atom. The molecule has 164 valence electrons. The lowest BCUT2D eigenvalue weighted by Gasteiger charge is -2.24. The molecule has 0 saturated carbocycles. The molecule has 1 aliphatic rings. The molecule has 3 aromatic heterocycles. The van der Waals surface area contributed by atoms with Crippen LogP contribution in [-0.4, -0.2) is 48.0 Å². The average Bonchev–Trinajstić information content (AvgIpc) is 3.47. The van der Waals surface area contributed by atoms with Crippen LogP contribution < -0.4 is 0 Å². The summed E-state index contributed by atoms with van der Waals surface area (Å²) < 4.78 is 4.01. The molecule has 1 aliphatic heterocycles. The molecule has 4 heterocycles. The molecule has 0 N–H and O–H groups in total. The first-order chi connectivity index (χ1) is 15.3. The van der Waals surface area contributed by atoms with Crippen LogP contribution in [0.3, 0.4) is 0 Å². The fourth-order valence-electron chi connectivity index (χ4n) is 4.36. The number of imidazole rings is 1. The number of rotatable bonds is 5. The minimum Gasteiger partial charge on any atom is -0.361 e. The molecule has 0 atom stereocenters. The summed E-state index contributed by atoms with van der Waals surface area (Å²) in [7, 11) is 4.09. The minimum atomic E-state index is 0.669. The molecule has 5 rings (SSSR count). The third kappa shape index (κ3) is 3.29. The Balaban J connectivity index is 1.49. The smallest absolute Gasteiger partial charge is 0.160 e. The van der Waals surface area contributed by atoms with Crippen molar-refractivity contribution in [3.05, 3.63) is 82.3 Å². The van der Waals surface area contributed by atoms with Gasteiger partial charge in [-0.2, -0.15) is 5.10 Å².